The van der Waals surface area contributed by atoms with Crippen molar-refractivity contribution in [2.45, 2.75) is 27.3 Å². The van der Waals surface area contributed by atoms with E-state index in [4.69, 9.17) is 0 Å². The predicted molar refractivity (Wildman–Crippen MR) is 59.9 cm³/mol. The summed E-state index contributed by atoms with van der Waals surface area (Å²) in [5.74, 6) is -0.146. The highest BCUT2D eigenvalue weighted by atomic mass is 19.1. The maximum Gasteiger partial charge on any atom is 0.123 e. The maximum atomic E-state index is 12.9. The van der Waals surface area contributed by atoms with E-state index >= 15 is 0 Å². The van der Waals surface area contributed by atoms with E-state index in [1.165, 1.54) is 0 Å². The third kappa shape index (κ3) is 4.97. The van der Waals surface area contributed by atoms with Gasteiger partial charge in [0.2, 0.25) is 0 Å². The number of halogens is 1. The van der Waals surface area contributed by atoms with Crippen molar-refractivity contribution in [3.63, 3.8) is 0 Å². The van der Waals surface area contributed by atoms with Gasteiger partial charge in [-0.05, 0) is 44.3 Å². The zero-order valence-electron chi connectivity index (χ0n) is 9.76. The van der Waals surface area contributed by atoms with Crippen molar-refractivity contribution >= 4 is 0 Å². The Morgan fingerprint density at radius 3 is 2.14 bits per heavy atom. The van der Waals surface area contributed by atoms with E-state index in [9.17, 15) is 4.39 Å². The first-order valence-corrected chi connectivity index (χ1v) is 4.99. The minimum Gasteiger partial charge on any atom is -0.305 e. The number of hydrogen-bond acceptors (Lipinski definition) is 1. The van der Waals surface area contributed by atoms with Gasteiger partial charge in [-0.3, -0.25) is 0 Å². The molecule has 0 spiro atoms. The third-order valence-electron chi connectivity index (χ3n) is 1.60. The number of aryl methyl sites for hydroxylation is 1. The quantitative estimate of drug-likeness (QED) is 0.703. The van der Waals surface area contributed by atoms with E-state index < -0.39 is 0 Å². The zero-order chi connectivity index (χ0) is 11.1. The van der Waals surface area contributed by atoms with Gasteiger partial charge in [-0.1, -0.05) is 19.9 Å². The summed E-state index contributed by atoms with van der Waals surface area (Å²) in [6.45, 7) is 6.70. The summed E-state index contributed by atoms with van der Waals surface area (Å²) in [6, 6.07) is 5.12. The second-order valence-corrected chi connectivity index (χ2v) is 3.37. The lowest BCUT2D eigenvalue weighted by Gasteiger charge is -2.09. The van der Waals surface area contributed by atoms with E-state index in [2.05, 4.69) is 0 Å². The van der Waals surface area contributed by atoms with Crippen LogP contribution in [0, 0.1) is 12.7 Å². The molecule has 0 saturated carbocycles. The van der Waals surface area contributed by atoms with Gasteiger partial charge in [-0.15, -0.1) is 0 Å². The molecule has 0 radical (unpaired) electrons. The largest absolute Gasteiger partial charge is 0.305 e. The Bertz CT molecular complexity index is 249. The SMILES string of the molecule is CC.Cc1cc(F)cc(CN(C)C)c1. The second kappa shape index (κ2) is 6.55. The van der Waals surface area contributed by atoms with E-state index in [0.29, 0.717) is 0 Å². The van der Waals surface area contributed by atoms with Crippen LogP contribution in [-0.4, -0.2) is 19.0 Å². The molecule has 0 heterocycles. The molecule has 0 unspecified atom stereocenters. The summed E-state index contributed by atoms with van der Waals surface area (Å²) >= 11 is 0. The average Bonchev–Trinajstić information content (AvgIpc) is 2.04. The Morgan fingerprint density at radius 1 is 1.14 bits per heavy atom. The minimum absolute atomic E-state index is 0.146. The molecule has 0 saturated heterocycles. The lowest BCUT2D eigenvalue weighted by atomic mass is 10.1. The average molecular weight is 197 g/mol. The fourth-order valence-electron chi connectivity index (χ4n) is 1.27. The maximum absolute atomic E-state index is 12.9. The van der Waals surface area contributed by atoms with Crippen LogP contribution in [0.15, 0.2) is 18.2 Å². The van der Waals surface area contributed by atoms with Crippen LogP contribution < -0.4 is 0 Å². The molecule has 0 amide bonds. The van der Waals surface area contributed by atoms with Crippen molar-refractivity contribution in [3.8, 4) is 0 Å². The lowest BCUT2D eigenvalue weighted by Crippen LogP contribution is -2.10. The highest BCUT2D eigenvalue weighted by molar-refractivity contribution is 5.23. The van der Waals surface area contributed by atoms with Gasteiger partial charge >= 0.3 is 0 Å². The molecule has 0 aliphatic heterocycles. The van der Waals surface area contributed by atoms with Crippen LogP contribution in [0.1, 0.15) is 25.0 Å². The zero-order valence-corrected chi connectivity index (χ0v) is 9.76. The van der Waals surface area contributed by atoms with Crippen LogP contribution >= 0.6 is 0 Å². The predicted octanol–water partition coefficient (Wildman–Crippen LogP) is 3.22. The monoisotopic (exact) mass is 197 g/mol. The highest BCUT2D eigenvalue weighted by Crippen LogP contribution is 2.09. The van der Waals surface area contributed by atoms with Crippen LogP contribution in [0.2, 0.25) is 0 Å². The van der Waals surface area contributed by atoms with Gasteiger partial charge in [0.15, 0.2) is 0 Å². The molecule has 80 valence electrons. The van der Waals surface area contributed by atoms with Crippen LogP contribution in [0.25, 0.3) is 0 Å². The van der Waals surface area contributed by atoms with Gasteiger partial charge in [0.1, 0.15) is 5.82 Å². The van der Waals surface area contributed by atoms with Gasteiger partial charge in [0.25, 0.3) is 0 Å². The van der Waals surface area contributed by atoms with Gasteiger partial charge in [-0.2, -0.15) is 0 Å². The normalized spacial score (nSPS) is 9.64. The van der Waals surface area contributed by atoms with Crippen LogP contribution in [0.4, 0.5) is 4.39 Å². The Kier molecular flexibility index (Phi) is 6.13. The van der Waals surface area contributed by atoms with E-state index in [1.54, 1.807) is 12.1 Å². The molecule has 1 rings (SSSR count). The number of benzene rings is 1. The van der Waals surface area contributed by atoms with E-state index in [-0.39, 0.29) is 5.82 Å². The van der Waals surface area contributed by atoms with Crippen molar-refractivity contribution in [3.05, 3.63) is 35.1 Å². The first-order chi connectivity index (χ1) is 6.58. The van der Waals surface area contributed by atoms with Crippen LogP contribution in [0.5, 0.6) is 0 Å². The molecule has 0 atom stereocenters. The van der Waals surface area contributed by atoms with Crippen molar-refractivity contribution in [2.75, 3.05) is 14.1 Å². The molecule has 0 N–H and O–H groups in total. The molecular formula is C12H20FN. The van der Waals surface area contributed by atoms with Crippen molar-refractivity contribution in [1.29, 1.82) is 0 Å². The molecule has 1 aromatic carbocycles. The summed E-state index contributed by atoms with van der Waals surface area (Å²) in [7, 11) is 3.94. The fourth-order valence-corrected chi connectivity index (χ4v) is 1.27. The highest BCUT2D eigenvalue weighted by Gasteiger charge is 1.98. The van der Waals surface area contributed by atoms with Crippen molar-refractivity contribution in [1.82, 2.24) is 4.90 Å². The summed E-state index contributed by atoms with van der Waals surface area (Å²) in [4.78, 5) is 2.02. The molecule has 2 heteroatoms. The molecule has 14 heavy (non-hydrogen) atoms. The van der Waals surface area contributed by atoms with Gasteiger partial charge in [-0.25, -0.2) is 4.39 Å². The molecule has 1 aromatic rings. The Hall–Kier alpha value is -0.890. The van der Waals surface area contributed by atoms with Crippen LogP contribution in [-0.2, 0) is 6.54 Å². The molecule has 0 fully saturated rings. The third-order valence-corrected chi connectivity index (χ3v) is 1.60. The molecular weight excluding hydrogens is 177 g/mol. The second-order valence-electron chi connectivity index (χ2n) is 3.37. The standard InChI is InChI=1S/C10H14FN.C2H6/c1-8-4-9(7-12(2)3)6-10(11)5-8;1-2/h4-6H,7H2,1-3H3;1-2H3. The molecule has 0 bridgehead atoms. The molecule has 0 aliphatic rings. The van der Waals surface area contributed by atoms with Gasteiger partial charge in [0, 0.05) is 6.54 Å². The number of rotatable bonds is 2. The first kappa shape index (κ1) is 13.1. The van der Waals surface area contributed by atoms with Crippen molar-refractivity contribution in [2.24, 2.45) is 0 Å². The minimum atomic E-state index is -0.146. The summed E-state index contributed by atoms with van der Waals surface area (Å²) in [5, 5.41) is 0. The van der Waals surface area contributed by atoms with Gasteiger partial charge < -0.3 is 4.90 Å². The first-order valence-electron chi connectivity index (χ1n) is 4.99. The number of hydrogen-bond donors (Lipinski definition) is 0. The van der Waals surface area contributed by atoms with Crippen molar-refractivity contribution < 1.29 is 4.39 Å². The van der Waals surface area contributed by atoms with Crippen LogP contribution in [0.3, 0.4) is 0 Å². The number of nitrogens with zero attached hydrogens (tertiary/aromatic N) is 1. The lowest BCUT2D eigenvalue weighted by molar-refractivity contribution is 0.401. The topological polar surface area (TPSA) is 3.24 Å². The fraction of sp³-hybridized carbons (Fsp3) is 0.500. The smallest absolute Gasteiger partial charge is 0.123 e. The van der Waals surface area contributed by atoms with Gasteiger partial charge in [0.05, 0.1) is 0 Å². The molecule has 1 nitrogen and oxygen atoms in total. The van der Waals surface area contributed by atoms with E-state index in [1.807, 2.05) is 45.8 Å². The summed E-state index contributed by atoms with van der Waals surface area (Å²) in [6.07, 6.45) is 0. The Morgan fingerprint density at radius 2 is 1.71 bits per heavy atom. The Balaban J connectivity index is 0.000000791. The molecule has 0 aromatic heterocycles. The van der Waals surface area contributed by atoms with E-state index in [0.717, 1.165) is 17.7 Å². The molecule has 0 aliphatic carbocycles. The Labute approximate surface area is 86.6 Å². The summed E-state index contributed by atoms with van der Waals surface area (Å²) in [5.41, 5.74) is 2.00. The summed E-state index contributed by atoms with van der Waals surface area (Å²) < 4.78 is 12.9.